The smallest absolute Gasteiger partial charge is 0.110 e. The molecule has 0 unspecified atom stereocenters. The van der Waals surface area contributed by atoms with Gasteiger partial charge < -0.3 is 14.4 Å². The standard InChI is InChI=1S/C22H24N2O2S/c1-17-23-11-12-24(17)19-5-7-20(8-6-19)27-21-4-2-3-18(15-21)22(16-25)9-13-26-14-10-22/h2-8,11-12,15,25H,9-10,13-14,16H2,1H3. The quantitative estimate of drug-likeness (QED) is 0.714. The first-order valence-electron chi connectivity index (χ1n) is 9.28. The molecule has 27 heavy (non-hydrogen) atoms. The van der Waals surface area contributed by atoms with Crippen molar-refractivity contribution >= 4 is 11.8 Å². The Balaban J connectivity index is 1.54. The lowest BCUT2D eigenvalue weighted by molar-refractivity contribution is 0.0252. The first-order valence-corrected chi connectivity index (χ1v) is 10.1. The van der Waals surface area contributed by atoms with Crippen molar-refractivity contribution in [2.45, 2.75) is 35.0 Å². The van der Waals surface area contributed by atoms with E-state index in [0.717, 1.165) is 24.4 Å². The van der Waals surface area contributed by atoms with Crippen molar-refractivity contribution in [1.82, 2.24) is 9.55 Å². The second-order valence-electron chi connectivity index (χ2n) is 7.02. The van der Waals surface area contributed by atoms with Gasteiger partial charge in [0.1, 0.15) is 5.82 Å². The summed E-state index contributed by atoms with van der Waals surface area (Å²) in [6.07, 6.45) is 5.53. The first kappa shape index (κ1) is 18.3. The number of aromatic nitrogens is 2. The fraction of sp³-hybridized carbons (Fsp3) is 0.318. The number of imidazole rings is 1. The van der Waals surface area contributed by atoms with Gasteiger partial charge in [-0.3, -0.25) is 0 Å². The number of aryl methyl sites for hydroxylation is 1. The minimum atomic E-state index is -0.169. The lowest BCUT2D eigenvalue weighted by Crippen LogP contribution is -2.37. The van der Waals surface area contributed by atoms with Crippen molar-refractivity contribution in [2.24, 2.45) is 0 Å². The van der Waals surface area contributed by atoms with E-state index in [-0.39, 0.29) is 12.0 Å². The Hall–Kier alpha value is -2.08. The van der Waals surface area contributed by atoms with Gasteiger partial charge in [-0.2, -0.15) is 0 Å². The lowest BCUT2D eigenvalue weighted by Gasteiger charge is -2.36. The van der Waals surface area contributed by atoms with Gasteiger partial charge in [0, 0.05) is 46.5 Å². The van der Waals surface area contributed by atoms with Crippen LogP contribution in [0.25, 0.3) is 5.69 Å². The molecule has 140 valence electrons. The molecule has 0 bridgehead atoms. The number of nitrogens with zero attached hydrogens (tertiary/aromatic N) is 2. The number of hydrogen-bond acceptors (Lipinski definition) is 4. The van der Waals surface area contributed by atoms with Gasteiger partial charge in [0.25, 0.3) is 0 Å². The van der Waals surface area contributed by atoms with Gasteiger partial charge in [-0.1, -0.05) is 23.9 Å². The van der Waals surface area contributed by atoms with E-state index in [1.165, 1.54) is 15.4 Å². The van der Waals surface area contributed by atoms with E-state index in [1.807, 2.05) is 19.3 Å². The number of aliphatic hydroxyl groups is 1. The molecule has 1 aliphatic rings. The highest BCUT2D eigenvalue weighted by Gasteiger charge is 2.33. The molecule has 1 fully saturated rings. The summed E-state index contributed by atoms with van der Waals surface area (Å²) in [6.45, 7) is 3.60. The SMILES string of the molecule is Cc1nccn1-c1ccc(Sc2cccc(C3(CO)CCOCC3)c2)cc1. The summed E-state index contributed by atoms with van der Waals surface area (Å²) >= 11 is 1.75. The Bertz CT molecular complexity index is 899. The molecule has 1 saturated heterocycles. The summed E-state index contributed by atoms with van der Waals surface area (Å²) in [5.74, 6) is 0.980. The van der Waals surface area contributed by atoms with E-state index in [1.54, 1.807) is 11.8 Å². The van der Waals surface area contributed by atoms with Gasteiger partial charge in [0.2, 0.25) is 0 Å². The molecule has 1 aliphatic heterocycles. The van der Waals surface area contributed by atoms with Crippen LogP contribution in [0.15, 0.2) is 70.7 Å². The minimum Gasteiger partial charge on any atom is -0.395 e. The Morgan fingerprint density at radius 3 is 2.56 bits per heavy atom. The highest BCUT2D eigenvalue weighted by atomic mass is 32.2. The molecule has 4 nitrogen and oxygen atoms in total. The predicted molar refractivity (Wildman–Crippen MR) is 108 cm³/mol. The monoisotopic (exact) mass is 380 g/mol. The Labute approximate surface area is 164 Å². The molecule has 0 atom stereocenters. The normalized spacial score (nSPS) is 16.4. The first-order chi connectivity index (χ1) is 13.2. The van der Waals surface area contributed by atoms with Crippen LogP contribution in [0.4, 0.5) is 0 Å². The molecule has 3 aromatic rings. The van der Waals surface area contributed by atoms with Crippen LogP contribution in [0, 0.1) is 6.92 Å². The van der Waals surface area contributed by atoms with Crippen molar-refractivity contribution in [2.75, 3.05) is 19.8 Å². The summed E-state index contributed by atoms with van der Waals surface area (Å²) in [5.41, 5.74) is 2.16. The fourth-order valence-corrected chi connectivity index (χ4v) is 4.53. The zero-order valence-corrected chi connectivity index (χ0v) is 16.3. The maximum Gasteiger partial charge on any atom is 0.110 e. The predicted octanol–water partition coefficient (Wildman–Crippen LogP) is 4.37. The third-order valence-corrected chi connectivity index (χ3v) is 6.37. The van der Waals surface area contributed by atoms with E-state index in [0.29, 0.717) is 13.2 Å². The number of rotatable bonds is 5. The molecule has 5 heteroatoms. The van der Waals surface area contributed by atoms with E-state index >= 15 is 0 Å². The Morgan fingerprint density at radius 1 is 1.11 bits per heavy atom. The number of benzene rings is 2. The van der Waals surface area contributed by atoms with Gasteiger partial charge in [-0.05, 0) is 61.7 Å². The molecule has 1 aromatic heterocycles. The molecule has 0 saturated carbocycles. The molecule has 0 radical (unpaired) electrons. The van der Waals surface area contributed by atoms with Gasteiger partial charge in [-0.15, -0.1) is 0 Å². The molecule has 2 aromatic carbocycles. The van der Waals surface area contributed by atoms with Gasteiger partial charge in [0.05, 0.1) is 6.61 Å². The molecule has 1 N–H and O–H groups in total. The van der Waals surface area contributed by atoms with Crippen LogP contribution in [0.2, 0.25) is 0 Å². The number of aliphatic hydroxyl groups excluding tert-OH is 1. The van der Waals surface area contributed by atoms with Crippen molar-refractivity contribution in [3.63, 3.8) is 0 Å². The highest BCUT2D eigenvalue weighted by Crippen LogP contribution is 2.37. The van der Waals surface area contributed by atoms with Crippen molar-refractivity contribution in [1.29, 1.82) is 0 Å². The molecule has 0 amide bonds. The van der Waals surface area contributed by atoms with Crippen LogP contribution in [0.5, 0.6) is 0 Å². The molecular formula is C22H24N2O2S. The van der Waals surface area contributed by atoms with E-state index in [4.69, 9.17) is 4.74 Å². The van der Waals surface area contributed by atoms with E-state index < -0.39 is 0 Å². The van der Waals surface area contributed by atoms with Crippen LogP contribution in [0.3, 0.4) is 0 Å². The van der Waals surface area contributed by atoms with Gasteiger partial charge in [0.15, 0.2) is 0 Å². The maximum atomic E-state index is 10.0. The average Bonchev–Trinajstić information content (AvgIpc) is 3.15. The maximum absolute atomic E-state index is 10.0. The highest BCUT2D eigenvalue weighted by molar-refractivity contribution is 7.99. The number of hydrogen-bond donors (Lipinski definition) is 1. The molecular weight excluding hydrogens is 356 g/mol. The second kappa shape index (κ2) is 7.89. The Morgan fingerprint density at radius 2 is 1.89 bits per heavy atom. The second-order valence-corrected chi connectivity index (χ2v) is 8.17. The largest absolute Gasteiger partial charge is 0.395 e. The topological polar surface area (TPSA) is 47.3 Å². The van der Waals surface area contributed by atoms with E-state index in [9.17, 15) is 5.11 Å². The lowest BCUT2D eigenvalue weighted by atomic mass is 9.75. The van der Waals surface area contributed by atoms with Crippen molar-refractivity contribution < 1.29 is 9.84 Å². The van der Waals surface area contributed by atoms with Crippen LogP contribution in [-0.2, 0) is 10.2 Å². The zero-order valence-electron chi connectivity index (χ0n) is 15.5. The summed E-state index contributed by atoms with van der Waals surface area (Å²) in [6, 6.07) is 17.1. The summed E-state index contributed by atoms with van der Waals surface area (Å²) in [5, 5.41) is 10.0. The third kappa shape index (κ3) is 3.81. The summed E-state index contributed by atoms with van der Waals surface area (Å²) in [7, 11) is 0. The van der Waals surface area contributed by atoms with Crippen molar-refractivity contribution in [3.05, 3.63) is 72.3 Å². The van der Waals surface area contributed by atoms with Crippen LogP contribution < -0.4 is 0 Å². The third-order valence-electron chi connectivity index (χ3n) is 5.38. The van der Waals surface area contributed by atoms with Gasteiger partial charge in [-0.25, -0.2) is 4.98 Å². The molecule has 4 rings (SSSR count). The van der Waals surface area contributed by atoms with E-state index in [2.05, 4.69) is 58.1 Å². The summed E-state index contributed by atoms with van der Waals surface area (Å²) in [4.78, 5) is 6.67. The van der Waals surface area contributed by atoms with Crippen LogP contribution >= 0.6 is 11.8 Å². The zero-order chi connectivity index (χ0) is 18.7. The fourth-order valence-electron chi connectivity index (χ4n) is 3.65. The summed E-state index contributed by atoms with van der Waals surface area (Å²) < 4.78 is 7.58. The molecule has 0 spiro atoms. The van der Waals surface area contributed by atoms with Crippen LogP contribution in [0.1, 0.15) is 24.2 Å². The van der Waals surface area contributed by atoms with Crippen LogP contribution in [-0.4, -0.2) is 34.5 Å². The average molecular weight is 381 g/mol. The molecule has 0 aliphatic carbocycles. The molecule has 2 heterocycles. The Kier molecular flexibility index (Phi) is 5.34. The number of ether oxygens (including phenoxy) is 1. The minimum absolute atomic E-state index is 0.169. The van der Waals surface area contributed by atoms with Gasteiger partial charge >= 0.3 is 0 Å². The van der Waals surface area contributed by atoms with Crippen molar-refractivity contribution in [3.8, 4) is 5.69 Å².